The van der Waals surface area contributed by atoms with E-state index in [1.807, 2.05) is 12.2 Å². The van der Waals surface area contributed by atoms with Gasteiger partial charge in [-0.1, -0.05) is 0 Å². The van der Waals surface area contributed by atoms with Crippen LogP contribution in [0.3, 0.4) is 0 Å². The Kier molecular flexibility index (Phi) is 0.754. The van der Waals surface area contributed by atoms with Crippen LogP contribution in [0.1, 0.15) is 6.42 Å². The summed E-state index contributed by atoms with van der Waals surface area (Å²) in [6.07, 6.45) is 4.90. The molecule has 1 heterocycles. The molecule has 2 nitrogen and oxygen atoms in total. The van der Waals surface area contributed by atoms with Crippen LogP contribution in [0.25, 0.3) is 0 Å². The SMILES string of the molecule is C1=CC12OCCCO2. The first-order chi connectivity index (χ1) is 3.91. The van der Waals surface area contributed by atoms with Crippen LogP contribution in [0.2, 0.25) is 0 Å². The van der Waals surface area contributed by atoms with Crippen LogP contribution in [0.15, 0.2) is 12.2 Å². The second kappa shape index (κ2) is 1.33. The third-order valence-electron chi connectivity index (χ3n) is 1.38. The Balaban J connectivity index is 1.96. The quantitative estimate of drug-likeness (QED) is 0.429. The minimum Gasteiger partial charge on any atom is -0.343 e. The molecule has 0 aromatic rings. The summed E-state index contributed by atoms with van der Waals surface area (Å²) < 4.78 is 10.5. The summed E-state index contributed by atoms with van der Waals surface area (Å²) in [5, 5.41) is 0. The van der Waals surface area contributed by atoms with E-state index in [1.54, 1.807) is 0 Å². The molecule has 44 valence electrons. The third kappa shape index (κ3) is 0.572. The highest BCUT2D eigenvalue weighted by Gasteiger charge is 2.38. The van der Waals surface area contributed by atoms with Gasteiger partial charge in [-0.05, 0) is 18.6 Å². The largest absolute Gasteiger partial charge is 0.343 e. The van der Waals surface area contributed by atoms with Crippen molar-refractivity contribution < 1.29 is 9.47 Å². The van der Waals surface area contributed by atoms with Crippen molar-refractivity contribution in [3.8, 4) is 0 Å². The van der Waals surface area contributed by atoms with Gasteiger partial charge in [-0.25, -0.2) is 0 Å². The van der Waals surface area contributed by atoms with Crippen molar-refractivity contribution in [1.29, 1.82) is 0 Å². The fourth-order valence-corrected chi connectivity index (χ4v) is 0.824. The van der Waals surface area contributed by atoms with Crippen LogP contribution in [0.4, 0.5) is 0 Å². The Morgan fingerprint density at radius 1 is 1.12 bits per heavy atom. The van der Waals surface area contributed by atoms with E-state index in [4.69, 9.17) is 9.47 Å². The van der Waals surface area contributed by atoms with Gasteiger partial charge in [-0.2, -0.15) is 0 Å². The Hall–Kier alpha value is -0.340. The molecule has 0 amide bonds. The monoisotopic (exact) mass is 112 g/mol. The fraction of sp³-hybridized carbons (Fsp3) is 0.667. The lowest BCUT2D eigenvalue weighted by molar-refractivity contribution is -0.183. The Morgan fingerprint density at radius 2 is 1.75 bits per heavy atom. The molecule has 1 aliphatic heterocycles. The van der Waals surface area contributed by atoms with E-state index in [2.05, 4.69) is 0 Å². The lowest BCUT2D eigenvalue weighted by atomic mass is 10.4. The van der Waals surface area contributed by atoms with Crippen molar-refractivity contribution >= 4 is 0 Å². The normalized spacial score (nSPS) is 31.0. The predicted octanol–water partition coefficient (Wildman–Crippen LogP) is 0.689. The van der Waals surface area contributed by atoms with Crippen LogP contribution in [-0.4, -0.2) is 19.0 Å². The summed E-state index contributed by atoms with van der Waals surface area (Å²) in [7, 11) is 0. The lowest BCUT2D eigenvalue weighted by Crippen LogP contribution is -2.27. The highest BCUT2D eigenvalue weighted by molar-refractivity contribution is 5.24. The molecule has 0 aromatic carbocycles. The van der Waals surface area contributed by atoms with Gasteiger partial charge in [0.15, 0.2) is 0 Å². The molecular weight excluding hydrogens is 104 g/mol. The van der Waals surface area contributed by atoms with Gasteiger partial charge in [0.25, 0.3) is 0 Å². The smallest absolute Gasteiger partial charge is 0.208 e. The summed E-state index contributed by atoms with van der Waals surface area (Å²) >= 11 is 0. The Morgan fingerprint density at radius 3 is 2.12 bits per heavy atom. The van der Waals surface area contributed by atoms with Gasteiger partial charge in [0.1, 0.15) is 0 Å². The second-order valence-corrected chi connectivity index (χ2v) is 2.11. The topological polar surface area (TPSA) is 18.5 Å². The highest BCUT2D eigenvalue weighted by atomic mass is 16.7. The van der Waals surface area contributed by atoms with E-state index >= 15 is 0 Å². The number of rotatable bonds is 0. The van der Waals surface area contributed by atoms with Crippen LogP contribution in [0, 0.1) is 0 Å². The number of ether oxygens (including phenoxy) is 2. The molecule has 1 aliphatic carbocycles. The zero-order valence-corrected chi connectivity index (χ0v) is 4.59. The molecule has 1 saturated heterocycles. The molecule has 1 fully saturated rings. The van der Waals surface area contributed by atoms with Crippen molar-refractivity contribution in [3.05, 3.63) is 12.2 Å². The van der Waals surface area contributed by atoms with Gasteiger partial charge in [0, 0.05) is 0 Å². The van der Waals surface area contributed by atoms with Crippen LogP contribution < -0.4 is 0 Å². The predicted molar refractivity (Wildman–Crippen MR) is 28.4 cm³/mol. The maximum Gasteiger partial charge on any atom is 0.208 e. The van der Waals surface area contributed by atoms with Gasteiger partial charge in [-0.15, -0.1) is 0 Å². The van der Waals surface area contributed by atoms with Gasteiger partial charge >= 0.3 is 0 Å². The van der Waals surface area contributed by atoms with E-state index in [0.717, 1.165) is 19.6 Å². The van der Waals surface area contributed by atoms with Gasteiger partial charge in [0.2, 0.25) is 5.79 Å². The summed E-state index contributed by atoms with van der Waals surface area (Å²) in [5.74, 6) is -0.321. The van der Waals surface area contributed by atoms with Crippen molar-refractivity contribution in [2.45, 2.75) is 12.2 Å². The zero-order valence-electron chi connectivity index (χ0n) is 4.59. The molecule has 0 unspecified atom stereocenters. The molecule has 0 radical (unpaired) electrons. The second-order valence-electron chi connectivity index (χ2n) is 2.11. The van der Waals surface area contributed by atoms with E-state index in [9.17, 15) is 0 Å². The molecule has 1 spiro atoms. The first kappa shape index (κ1) is 4.53. The molecular formula is C6H8O2. The lowest BCUT2D eigenvalue weighted by Gasteiger charge is -2.22. The average Bonchev–Trinajstić information content (AvgIpc) is 2.52. The maximum absolute atomic E-state index is 5.24. The minimum absolute atomic E-state index is 0.321. The molecule has 2 aliphatic rings. The van der Waals surface area contributed by atoms with E-state index in [0.29, 0.717) is 0 Å². The van der Waals surface area contributed by atoms with Gasteiger partial charge in [-0.3, -0.25) is 0 Å². The fourth-order valence-electron chi connectivity index (χ4n) is 0.824. The molecule has 0 bridgehead atoms. The molecule has 0 N–H and O–H groups in total. The molecule has 2 heteroatoms. The van der Waals surface area contributed by atoms with E-state index < -0.39 is 0 Å². The first-order valence-corrected chi connectivity index (χ1v) is 2.90. The zero-order chi connectivity index (χ0) is 5.45. The standard InChI is InChI=1S/C6H8O2/c1-4-7-6(2-3-6)8-5-1/h2-3H,1,4-5H2. The highest BCUT2D eigenvalue weighted by Crippen LogP contribution is 2.32. The summed E-state index contributed by atoms with van der Waals surface area (Å²) in [6, 6.07) is 0. The molecule has 2 rings (SSSR count). The van der Waals surface area contributed by atoms with Crippen LogP contribution in [-0.2, 0) is 9.47 Å². The number of hydrogen-bond acceptors (Lipinski definition) is 2. The third-order valence-corrected chi connectivity index (χ3v) is 1.38. The van der Waals surface area contributed by atoms with Crippen molar-refractivity contribution in [2.75, 3.05) is 13.2 Å². The Labute approximate surface area is 48.1 Å². The van der Waals surface area contributed by atoms with Crippen LogP contribution >= 0.6 is 0 Å². The number of hydrogen-bond donors (Lipinski definition) is 0. The van der Waals surface area contributed by atoms with Gasteiger partial charge in [0.05, 0.1) is 13.2 Å². The summed E-state index contributed by atoms with van der Waals surface area (Å²) in [4.78, 5) is 0. The van der Waals surface area contributed by atoms with Crippen molar-refractivity contribution in [1.82, 2.24) is 0 Å². The van der Waals surface area contributed by atoms with Crippen LogP contribution in [0.5, 0.6) is 0 Å². The average molecular weight is 112 g/mol. The minimum atomic E-state index is -0.321. The van der Waals surface area contributed by atoms with Crippen molar-refractivity contribution in [2.24, 2.45) is 0 Å². The molecule has 0 saturated carbocycles. The maximum atomic E-state index is 5.24. The first-order valence-electron chi connectivity index (χ1n) is 2.90. The van der Waals surface area contributed by atoms with Gasteiger partial charge < -0.3 is 9.47 Å². The van der Waals surface area contributed by atoms with E-state index in [1.165, 1.54) is 0 Å². The Bertz CT molecular complexity index is 114. The molecule has 0 aromatic heterocycles. The van der Waals surface area contributed by atoms with Crippen molar-refractivity contribution in [3.63, 3.8) is 0 Å². The molecule has 8 heavy (non-hydrogen) atoms. The summed E-state index contributed by atoms with van der Waals surface area (Å²) in [5.41, 5.74) is 0. The van der Waals surface area contributed by atoms with E-state index in [-0.39, 0.29) is 5.79 Å². The summed E-state index contributed by atoms with van der Waals surface area (Å²) in [6.45, 7) is 1.68. The molecule has 0 atom stereocenters.